The first-order chi connectivity index (χ1) is 8.85. The van der Waals surface area contributed by atoms with Gasteiger partial charge in [0.15, 0.2) is 0 Å². The minimum Gasteiger partial charge on any atom is -0.375 e. The summed E-state index contributed by atoms with van der Waals surface area (Å²) < 4.78 is 5.66. The Balaban J connectivity index is 2.03. The molecule has 0 heterocycles. The second-order valence-electron chi connectivity index (χ2n) is 5.23. The molecule has 0 saturated heterocycles. The van der Waals surface area contributed by atoms with E-state index >= 15 is 0 Å². The first kappa shape index (κ1) is 13.5. The van der Waals surface area contributed by atoms with Crippen molar-refractivity contribution in [1.82, 2.24) is 5.43 Å². The van der Waals surface area contributed by atoms with Crippen molar-refractivity contribution in [3.05, 3.63) is 35.9 Å². The molecule has 1 aromatic carbocycles. The van der Waals surface area contributed by atoms with Crippen LogP contribution in [0.1, 0.15) is 43.8 Å². The van der Waals surface area contributed by atoms with E-state index in [1.807, 2.05) is 18.2 Å². The van der Waals surface area contributed by atoms with Crippen LogP contribution in [-0.4, -0.2) is 13.2 Å². The van der Waals surface area contributed by atoms with Crippen LogP contribution in [0.15, 0.2) is 30.3 Å². The molecule has 1 aliphatic carbocycles. The highest BCUT2D eigenvalue weighted by Gasteiger charge is 2.26. The van der Waals surface area contributed by atoms with Gasteiger partial charge in [-0.05, 0) is 17.9 Å². The second kappa shape index (κ2) is 6.88. The van der Waals surface area contributed by atoms with Gasteiger partial charge in [0.25, 0.3) is 0 Å². The van der Waals surface area contributed by atoms with Crippen molar-refractivity contribution < 1.29 is 4.74 Å². The predicted molar refractivity (Wildman–Crippen MR) is 73.9 cm³/mol. The molecule has 0 spiro atoms. The fraction of sp³-hybridized carbons (Fsp3) is 0.600. The SMILES string of the molecule is COC(c1ccccc1)C(CC1CCCC1)NN. The quantitative estimate of drug-likeness (QED) is 0.601. The Morgan fingerprint density at radius 3 is 2.50 bits per heavy atom. The highest BCUT2D eigenvalue weighted by Crippen LogP contribution is 2.32. The van der Waals surface area contributed by atoms with Crippen molar-refractivity contribution in [1.29, 1.82) is 0 Å². The summed E-state index contributed by atoms with van der Waals surface area (Å²) >= 11 is 0. The van der Waals surface area contributed by atoms with Gasteiger partial charge < -0.3 is 4.74 Å². The number of hydrazine groups is 1. The van der Waals surface area contributed by atoms with E-state index in [4.69, 9.17) is 10.6 Å². The van der Waals surface area contributed by atoms with E-state index in [-0.39, 0.29) is 12.1 Å². The fourth-order valence-electron chi connectivity index (χ4n) is 3.06. The topological polar surface area (TPSA) is 47.3 Å². The van der Waals surface area contributed by atoms with E-state index in [1.54, 1.807) is 7.11 Å². The number of nitrogens with one attached hydrogen (secondary N) is 1. The fourth-order valence-corrected chi connectivity index (χ4v) is 3.06. The van der Waals surface area contributed by atoms with Crippen LogP contribution in [0.25, 0.3) is 0 Å². The Morgan fingerprint density at radius 1 is 1.28 bits per heavy atom. The van der Waals surface area contributed by atoms with Crippen molar-refractivity contribution in [2.24, 2.45) is 11.8 Å². The third-order valence-electron chi connectivity index (χ3n) is 4.02. The molecule has 1 aromatic rings. The average molecular weight is 248 g/mol. The maximum Gasteiger partial charge on any atom is 0.0987 e. The van der Waals surface area contributed by atoms with Gasteiger partial charge in [-0.2, -0.15) is 0 Å². The van der Waals surface area contributed by atoms with Gasteiger partial charge in [-0.1, -0.05) is 56.0 Å². The van der Waals surface area contributed by atoms with Gasteiger partial charge in [0.1, 0.15) is 0 Å². The highest BCUT2D eigenvalue weighted by atomic mass is 16.5. The number of rotatable bonds is 6. The zero-order valence-corrected chi connectivity index (χ0v) is 11.1. The second-order valence-corrected chi connectivity index (χ2v) is 5.23. The summed E-state index contributed by atoms with van der Waals surface area (Å²) in [5.74, 6) is 6.53. The van der Waals surface area contributed by atoms with Crippen LogP contribution < -0.4 is 11.3 Å². The minimum atomic E-state index is 0.0387. The molecule has 0 aromatic heterocycles. The molecule has 0 radical (unpaired) electrons. The Bertz CT molecular complexity index is 336. The Hall–Kier alpha value is -0.900. The molecule has 0 aliphatic heterocycles. The standard InChI is InChI=1S/C15H24N2O/c1-18-15(13-9-3-2-4-10-13)14(17-16)11-12-7-5-6-8-12/h2-4,9-10,12,14-15,17H,5-8,11,16H2,1H3. The number of hydrogen-bond acceptors (Lipinski definition) is 3. The predicted octanol–water partition coefficient (Wildman–Crippen LogP) is 2.79. The average Bonchev–Trinajstić information content (AvgIpc) is 2.92. The van der Waals surface area contributed by atoms with E-state index in [1.165, 1.54) is 31.2 Å². The summed E-state index contributed by atoms with van der Waals surface area (Å²) in [4.78, 5) is 0. The largest absolute Gasteiger partial charge is 0.375 e. The zero-order valence-electron chi connectivity index (χ0n) is 11.1. The molecule has 3 heteroatoms. The molecule has 2 rings (SSSR count). The molecule has 1 saturated carbocycles. The highest BCUT2D eigenvalue weighted by molar-refractivity contribution is 5.19. The maximum atomic E-state index is 5.73. The lowest BCUT2D eigenvalue weighted by Crippen LogP contribution is -2.41. The van der Waals surface area contributed by atoms with Crippen LogP contribution in [0.5, 0.6) is 0 Å². The van der Waals surface area contributed by atoms with Crippen molar-refractivity contribution >= 4 is 0 Å². The summed E-state index contributed by atoms with van der Waals surface area (Å²) in [6.07, 6.45) is 6.55. The molecular formula is C15H24N2O. The van der Waals surface area contributed by atoms with E-state index < -0.39 is 0 Å². The van der Waals surface area contributed by atoms with E-state index in [0.29, 0.717) is 0 Å². The van der Waals surface area contributed by atoms with E-state index in [2.05, 4.69) is 17.6 Å². The normalized spacial score (nSPS) is 19.9. The van der Waals surface area contributed by atoms with Gasteiger partial charge >= 0.3 is 0 Å². The van der Waals surface area contributed by atoms with E-state index in [0.717, 1.165) is 12.3 Å². The van der Waals surface area contributed by atoms with Gasteiger partial charge in [0, 0.05) is 7.11 Å². The lowest BCUT2D eigenvalue weighted by atomic mass is 9.92. The van der Waals surface area contributed by atoms with Crippen LogP contribution in [0, 0.1) is 5.92 Å². The molecule has 2 atom stereocenters. The lowest BCUT2D eigenvalue weighted by Gasteiger charge is -2.28. The first-order valence-corrected chi connectivity index (χ1v) is 6.89. The lowest BCUT2D eigenvalue weighted by molar-refractivity contribution is 0.0592. The van der Waals surface area contributed by atoms with Crippen molar-refractivity contribution in [3.8, 4) is 0 Å². The molecule has 0 amide bonds. The Labute approximate surface area is 110 Å². The van der Waals surface area contributed by atoms with Crippen molar-refractivity contribution in [2.45, 2.75) is 44.2 Å². The maximum absolute atomic E-state index is 5.73. The van der Waals surface area contributed by atoms with Crippen LogP contribution in [-0.2, 0) is 4.74 Å². The third-order valence-corrected chi connectivity index (χ3v) is 4.02. The smallest absolute Gasteiger partial charge is 0.0987 e. The van der Waals surface area contributed by atoms with Gasteiger partial charge in [0.2, 0.25) is 0 Å². The van der Waals surface area contributed by atoms with Crippen LogP contribution in [0.2, 0.25) is 0 Å². The minimum absolute atomic E-state index is 0.0387. The molecular weight excluding hydrogens is 224 g/mol. The number of methoxy groups -OCH3 is 1. The number of nitrogens with two attached hydrogens (primary N) is 1. The Kier molecular flexibility index (Phi) is 5.17. The van der Waals surface area contributed by atoms with Gasteiger partial charge in [0.05, 0.1) is 12.1 Å². The van der Waals surface area contributed by atoms with E-state index in [9.17, 15) is 0 Å². The number of ether oxygens (including phenoxy) is 1. The van der Waals surface area contributed by atoms with Crippen LogP contribution in [0.4, 0.5) is 0 Å². The molecule has 3 nitrogen and oxygen atoms in total. The monoisotopic (exact) mass is 248 g/mol. The summed E-state index contributed by atoms with van der Waals surface area (Å²) in [6.45, 7) is 0. The molecule has 18 heavy (non-hydrogen) atoms. The molecule has 100 valence electrons. The van der Waals surface area contributed by atoms with Gasteiger partial charge in [-0.3, -0.25) is 11.3 Å². The van der Waals surface area contributed by atoms with Gasteiger partial charge in [-0.15, -0.1) is 0 Å². The molecule has 0 bridgehead atoms. The number of benzene rings is 1. The summed E-state index contributed by atoms with van der Waals surface area (Å²) in [6, 6.07) is 10.5. The molecule has 3 N–H and O–H groups in total. The molecule has 1 fully saturated rings. The Morgan fingerprint density at radius 2 is 1.94 bits per heavy atom. The first-order valence-electron chi connectivity index (χ1n) is 6.89. The van der Waals surface area contributed by atoms with Crippen molar-refractivity contribution in [2.75, 3.05) is 7.11 Å². The van der Waals surface area contributed by atoms with Crippen molar-refractivity contribution in [3.63, 3.8) is 0 Å². The number of hydrogen-bond donors (Lipinski definition) is 2. The zero-order chi connectivity index (χ0) is 12.8. The summed E-state index contributed by atoms with van der Waals surface area (Å²) in [5, 5.41) is 0. The summed E-state index contributed by atoms with van der Waals surface area (Å²) in [5.41, 5.74) is 4.15. The molecule has 2 unspecified atom stereocenters. The van der Waals surface area contributed by atoms with Crippen LogP contribution >= 0.6 is 0 Å². The summed E-state index contributed by atoms with van der Waals surface area (Å²) in [7, 11) is 1.76. The van der Waals surface area contributed by atoms with Crippen LogP contribution in [0.3, 0.4) is 0 Å². The third kappa shape index (κ3) is 3.31. The van der Waals surface area contributed by atoms with Gasteiger partial charge in [-0.25, -0.2) is 0 Å². The molecule has 1 aliphatic rings.